The van der Waals surface area contributed by atoms with Crippen LogP contribution >= 0.6 is 0 Å². The van der Waals surface area contributed by atoms with Crippen molar-refractivity contribution in [2.45, 2.75) is 52.7 Å². The van der Waals surface area contributed by atoms with Gasteiger partial charge in [-0.3, -0.25) is 4.68 Å². The van der Waals surface area contributed by atoms with E-state index in [0.29, 0.717) is 0 Å². The molecule has 0 aliphatic heterocycles. The topological polar surface area (TPSA) is 38.0 Å². The molecule has 2 rings (SSSR count). The average Bonchev–Trinajstić information content (AvgIpc) is 2.84. The largest absolute Gasteiger partial charge is 0.389 e. The summed E-state index contributed by atoms with van der Waals surface area (Å²) in [5.74, 6) is 0. The summed E-state index contributed by atoms with van der Waals surface area (Å²) in [7, 11) is 0. The molecule has 3 heteroatoms. The number of aliphatic hydroxyl groups is 1. The Balaban J connectivity index is 2.23. The van der Waals surface area contributed by atoms with Crippen LogP contribution in [0, 0.1) is 0 Å². The van der Waals surface area contributed by atoms with Gasteiger partial charge in [0.25, 0.3) is 0 Å². The lowest BCUT2D eigenvalue weighted by atomic mass is 10.0. The van der Waals surface area contributed by atoms with Crippen LogP contribution in [0.2, 0.25) is 0 Å². The van der Waals surface area contributed by atoms with Gasteiger partial charge in [-0.05, 0) is 31.7 Å². The third-order valence-electron chi connectivity index (χ3n) is 3.72. The lowest BCUT2D eigenvalue weighted by molar-refractivity contribution is 0.197. The van der Waals surface area contributed by atoms with Gasteiger partial charge in [-0.1, -0.05) is 44.2 Å². The Labute approximate surface area is 121 Å². The van der Waals surface area contributed by atoms with Crippen molar-refractivity contribution in [3.63, 3.8) is 0 Å². The minimum atomic E-state index is -0.439. The number of nitrogens with zero attached hydrogens (tertiary/aromatic N) is 2. The van der Waals surface area contributed by atoms with Crippen molar-refractivity contribution in [3.8, 4) is 0 Å². The van der Waals surface area contributed by atoms with E-state index >= 15 is 0 Å². The highest BCUT2D eigenvalue weighted by Gasteiger charge is 2.18. The zero-order valence-corrected chi connectivity index (χ0v) is 12.6. The molecule has 1 unspecified atom stereocenters. The molecule has 1 N–H and O–H groups in total. The van der Waals surface area contributed by atoms with E-state index in [1.165, 1.54) is 11.3 Å². The van der Waals surface area contributed by atoms with Gasteiger partial charge in [0.2, 0.25) is 0 Å². The maximum absolute atomic E-state index is 9.99. The fourth-order valence-corrected chi connectivity index (χ4v) is 2.75. The molecule has 0 fully saturated rings. The van der Waals surface area contributed by atoms with Gasteiger partial charge in [-0.25, -0.2) is 0 Å². The van der Waals surface area contributed by atoms with Crippen LogP contribution in [0.25, 0.3) is 0 Å². The van der Waals surface area contributed by atoms with Crippen molar-refractivity contribution in [2.75, 3.05) is 0 Å². The minimum absolute atomic E-state index is 0.439. The Morgan fingerprint density at radius 1 is 1.15 bits per heavy atom. The van der Waals surface area contributed by atoms with Crippen molar-refractivity contribution in [1.29, 1.82) is 0 Å². The summed E-state index contributed by atoms with van der Waals surface area (Å²) in [5, 5.41) is 14.7. The van der Waals surface area contributed by atoms with Gasteiger partial charge in [0.15, 0.2) is 0 Å². The fraction of sp³-hybridized carbons (Fsp3) is 0.471. The maximum Gasteiger partial charge on any atom is 0.0798 e. The minimum Gasteiger partial charge on any atom is -0.389 e. The smallest absolute Gasteiger partial charge is 0.0798 e. The van der Waals surface area contributed by atoms with E-state index in [1.807, 2.05) is 13.0 Å². The first-order valence-corrected chi connectivity index (χ1v) is 7.47. The summed E-state index contributed by atoms with van der Waals surface area (Å²) in [5.41, 5.74) is 4.56. The molecule has 1 aromatic carbocycles. The molecule has 0 aliphatic carbocycles. The van der Waals surface area contributed by atoms with Crippen LogP contribution in [0.5, 0.6) is 0 Å². The van der Waals surface area contributed by atoms with Crippen LogP contribution in [0.3, 0.4) is 0 Å². The van der Waals surface area contributed by atoms with Crippen LogP contribution in [0.15, 0.2) is 30.3 Å². The fourth-order valence-electron chi connectivity index (χ4n) is 2.75. The standard InChI is InChI=1S/C17H24N2O/c1-4-15-17(13(3)20)16(5-2)19(18-15)12-11-14-9-7-6-8-10-14/h6-10,13,20H,4-5,11-12H2,1-3H3. The number of aryl methyl sites for hydroxylation is 3. The van der Waals surface area contributed by atoms with E-state index in [-0.39, 0.29) is 0 Å². The van der Waals surface area contributed by atoms with Gasteiger partial charge >= 0.3 is 0 Å². The van der Waals surface area contributed by atoms with Crippen LogP contribution in [0.1, 0.15) is 49.4 Å². The zero-order chi connectivity index (χ0) is 14.5. The van der Waals surface area contributed by atoms with Gasteiger partial charge in [0.05, 0.1) is 11.8 Å². The predicted molar refractivity (Wildman–Crippen MR) is 81.8 cm³/mol. The zero-order valence-electron chi connectivity index (χ0n) is 12.6. The molecule has 1 atom stereocenters. The maximum atomic E-state index is 9.99. The summed E-state index contributed by atoms with van der Waals surface area (Å²) in [4.78, 5) is 0. The average molecular weight is 272 g/mol. The van der Waals surface area contributed by atoms with Crippen LogP contribution in [0.4, 0.5) is 0 Å². The van der Waals surface area contributed by atoms with Crippen LogP contribution in [-0.2, 0) is 25.8 Å². The highest BCUT2D eigenvalue weighted by Crippen LogP contribution is 2.23. The Bertz CT molecular complexity index is 544. The molecule has 20 heavy (non-hydrogen) atoms. The molecular weight excluding hydrogens is 248 g/mol. The molecule has 0 radical (unpaired) electrons. The number of benzene rings is 1. The molecule has 0 spiro atoms. The van der Waals surface area contributed by atoms with E-state index in [1.54, 1.807) is 0 Å². The third kappa shape index (κ3) is 3.10. The molecule has 0 saturated heterocycles. The normalized spacial score (nSPS) is 12.6. The monoisotopic (exact) mass is 272 g/mol. The molecule has 0 saturated carbocycles. The van der Waals surface area contributed by atoms with Crippen molar-refractivity contribution in [3.05, 3.63) is 52.8 Å². The second kappa shape index (κ2) is 6.71. The molecule has 3 nitrogen and oxygen atoms in total. The Morgan fingerprint density at radius 3 is 2.40 bits per heavy atom. The van der Waals surface area contributed by atoms with E-state index < -0.39 is 6.10 Å². The summed E-state index contributed by atoms with van der Waals surface area (Å²) >= 11 is 0. The van der Waals surface area contributed by atoms with Crippen LogP contribution < -0.4 is 0 Å². The number of rotatable bonds is 6. The second-order valence-corrected chi connectivity index (χ2v) is 5.15. The van der Waals surface area contributed by atoms with E-state index in [2.05, 4.69) is 42.8 Å². The molecule has 108 valence electrons. The summed E-state index contributed by atoms with van der Waals surface area (Å²) < 4.78 is 2.08. The van der Waals surface area contributed by atoms with Crippen molar-refractivity contribution < 1.29 is 5.11 Å². The number of aliphatic hydroxyl groups excluding tert-OH is 1. The van der Waals surface area contributed by atoms with E-state index in [4.69, 9.17) is 5.10 Å². The van der Waals surface area contributed by atoms with Gasteiger partial charge < -0.3 is 5.11 Å². The molecule has 1 aromatic heterocycles. The second-order valence-electron chi connectivity index (χ2n) is 5.15. The first kappa shape index (κ1) is 14.8. The number of aromatic nitrogens is 2. The number of hydrogen-bond acceptors (Lipinski definition) is 2. The first-order chi connectivity index (χ1) is 9.67. The summed E-state index contributed by atoms with van der Waals surface area (Å²) in [6.45, 7) is 6.92. The number of hydrogen-bond donors (Lipinski definition) is 1. The predicted octanol–water partition coefficient (Wildman–Crippen LogP) is 3.30. The molecule has 0 bridgehead atoms. The van der Waals surface area contributed by atoms with Gasteiger partial charge in [0, 0.05) is 17.8 Å². The van der Waals surface area contributed by atoms with Gasteiger partial charge in [0.1, 0.15) is 0 Å². The highest BCUT2D eigenvalue weighted by atomic mass is 16.3. The molecule has 0 aliphatic rings. The van der Waals surface area contributed by atoms with Crippen LogP contribution in [-0.4, -0.2) is 14.9 Å². The lowest BCUT2D eigenvalue weighted by Gasteiger charge is -2.09. The Kier molecular flexibility index (Phi) is 4.96. The van der Waals surface area contributed by atoms with Crippen molar-refractivity contribution in [1.82, 2.24) is 9.78 Å². The van der Waals surface area contributed by atoms with E-state index in [9.17, 15) is 5.11 Å². The molecule has 2 aromatic rings. The molecular formula is C17H24N2O. The Morgan fingerprint density at radius 2 is 1.85 bits per heavy atom. The quantitative estimate of drug-likeness (QED) is 0.876. The molecule has 1 heterocycles. The van der Waals surface area contributed by atoms with E-state index in [0.717, 1.165) is 37.1 Å². The Hall–Kier alpha value is -1.61. The van der Waals surface area contributed by atoms with Gasteiger partial charge in [-0.15, -0.1) is 0 Å². The van der Waals surface area contributed by atoms with Crippen molar-refractivity contribution in [2.24, 2.45) is 0 Å². The van der Waals surface area contributed by atoms with Crippen molar-refractivity contribution >= 4 is 0 Å². The first-order valence-electron chi connectivity index (χ1n) is 7.47. The lowest BCUT2D eigenvalue weighted by Crippen LogP contribution is -2.08. The molecule has 0 amide bonds. The third-order valence-corrected chi connectivity index (χ3v) is 3.72. The highest BCUT2D eigenvalue weighted by molar-refractivity contribution is 5.29. The van der Waals surface area contributed by atoms with Gasteiger partial charge in [-0.2, -0.15) is 5.10 Å². The summed E-state index contributed by atoms with van der Waals surface area (Å²) in [6, 6.07) is 10.5. The summed E-state index contributed by atoms with van der Waals surface area (Å²) in [6.07, 6.45) is 2.30. The SMILES string of the molecule is CCc1nn(CCc2ccccc2)c(CC)c1C(C)O.